The van der Waals surface area contributed by atoms with E-state index in [0.29, 0.717) is 11.6 Å². The summed E-state index contributed by atoms with van der Waals surface area (Å²) in [6.07, 6.45) is 6.34. The molecule has 0 atom stereocenters. The second-order valence-corrected chi connectivity index (χ2v) is 3.97. The van der Waals surface area contributed by atoms with Crippen LogP contribution >= 0.6 is 0 Å². The van der Waals surface area contributed by atoms with Gasteiger partial charge in [0.25, 0.3) is 0 Å². The molecule has 0 aliphatic rings. The number of hydrogen-bond donors (Lipinski definition) is 1. The van der Waals surface area contributed by atoms with Crippen molar-refractivity contribution in [2.24, 2.45) is 0 Å². The van der Waals surface area contributed by atoms with E-state index in [-0.39, 0.29) is 0 Å². The van der Waals surface area contributed by atoms with Crippen LogP contribution in [0.3, 0.4) is 0 Å². The summed E-state index contributed by atoms with van der Waals surface area (Å²) in [6, 6.07) is 7.57. The zero-order valence-electron chi connectivity index (χ0n) is 10.5. The molecule has 0 saturated heterocycles. The molecule has 0 bridgehead atoms. The van der Waals surface area contributed by atoms with E-state index in [9.17, 15) is 0 Å². The van der Waals surface area contributed by atoms with Crippen molar-refractivity contribution in [2.45, 2.75) is 19.9 Å². The standard InChI is InChI=1S/C14H17N3O/c1-2-7-15-9-12-5-6-14(17-10-12)18-13-4-3-8-16-11-13/h3-6,8,10-11,15H,2,7,9H2,1H3. The Morgan fingerprint density at radius 3 is 2.83 bits per heavy atom. The summed E-state index contributed by atoms with van der Waals surface area (Å²) in [5, 5.41) is 3.33. The highest BCUT2D eigenvalue weighted by atomic mass is 16.5. The van der Waals surface area contributed by atoms with Crippen LogP contribution in [0.4, 0.5) is 0 Å². The topological polar surface area (TPSA) is 47.0 Å². The van der Waals surface area contributed by atoms with Crippen molar-refractivity contribution in [3.05, 3.63) is 48.4 Å². The van der Waals surface area contributed by atoms with Crippen molar-refractivity contribution in [3.8, 4) is 11.6 Å². The highest BCUT2D eigenvalue weighted by Gasteiger charge is 1.99. The van der Waals surface area contributed by atoms with Gasteiger partial charge in [0.15, 0.2) is 0 Å². The number of rotatable bonds is 6. The fraction of sp³-hybridized carbons (Fsp3) is 0.286. The van der Waals surface area contributed by atoms with Gasteiger partial charge in [-0.05, 0) is 30.7 Å². The van der Waals surface area contributed by atoms with Crippen LogP contribution in [-0.2, 0) is 6.54 Å². The minimum atomic E-state index is 0.585. The Balaban J connectivity index is 1.91. The largest absolute Gasteiger partial charge is 0.437 e. The molecule has 4 heteroatoms. The summed E-state index contributed by atoms with van der Waals surface area (Å²) in [4.78, 5) is 8.25. The summed E-state index contributed by atoms with van der Waals surface area (Å²) >= 11 is 0. The Morgan fingerprint density at radius 1 is 1.22 bits per heavy atom. The number of pyridine rings is 2. The van der Waals surface area contributed by atoms with Crippen LogP contribution in [0.2, 0.25) is 0 Å². The Labute approximate surface area is 107 Å². The number of ether oxygens (including phenoxy) is 1. The van der Waals surface area contributed by atoms with Crippen LogP contribution < -0.4 is 10.1 Å². The maximum Gasteiger partial charge on any atom is 0.219 e. The normalized spacial score (nSPS) is 10.3. The summed E-state index contributed by atoms with van der Waals surface area (Å²) < 4.78 is 5.56. The maximum absolute atomic E-state index is 5.56. The van der Waals surface area contributed by atoms with E-state index in [2.05, 4.69) is 22.2 Å². The number of nitrogens with zero attached hydrogens (tertiary/aromatic N) is 2. The highest BCUT2D eigenvalue weighted by Crippen LogP contribution is 2.17. The van der Waals surface area contributed by atoms with Gasteiger partial charge >= 0.3 is 0 Å². The lowest BCUT2D eigenvalue weighted by Gasteiger charge is -2.06. The molecule has 2 heterocycles. The SMILES string of the molecule is CCCNCc1ccc(Oc2cccnc2)nc1. The molecular weight excluding hydrogens is 226 g/mol. The van der Waals surface area contributed by atoms with Gasteiger partial charge in [0.05, 0.1) is 6.20 Å². The molecule has 0 aliphatic heterocycles. The predicted octanol–water partition coefficient (Wildman–Crippen LogP) is 2.77. The first-order valence-corrected chi connectivity index (χ1v) is 6.12. The molecule has 1 N–H and O–H groups in total. The summed E-state index contributed by atoms with van der Waals surface area (Å²) in [7, 11) is 0. The molecule has 0 aliphatic carbocycles. The summed E-state index contributed by atoms with van der Waals surface area (Å²) in [6.45, 7) is 4.01. The fourth-order valence-electron chi connectivity index (χ4n) is 1.51. The van der Waals surface area contributed by atoms with Crippen molar-refractivity contribution in [1.82, 2.24) is 15.3 Å². The lowest BCUT2D eigenvalue weighted by Crippen LogP contribution is -2.13. The van der Waals surface area contributed by atoms with Crippen LogP contribution in [0, 0.1) is 0 Å². The van der Waals surface area contributed by atoms with Gasteiger partial charge in [-0.25, -0.2) is 4.98 Å². The molecule has 2 rings (SSSR count). The lowest BCUT2D eigenvalue weighted by atomic mass is 10.3. The Kier molecular flexibility index (Phi) is 4.67. The van der Waals surface area contributed by atoms with Gasteiger partial charge in [-0.1, -0.05) is 13.0 Å². The monoisotopic (exact) mass is 243 g/mol. The van der Waals surface area contributed by atoms with E-state index < -0.39 is 0 Å². The van der Waals surface area contributed by atoms with Gasteiger partial charge in [0, 0.05) is 25.0 Å². The summed E-state index contributed by atoms with van der Waals surface area (Å²) in [5.41, 5.74) is 1.15. The molecule has 18 heavy (non-hydrogen) atoms. The molecule has 0 aromatic carbocycles. The molecule has 0 radical (unpaired) electrons. The number of nitrogens with one attached hydrogen (secondary N) is 1. The first-order valence-electron chi connectivity index (χ1n) is 6.12. The third-order valence-electron chi connectivity index (χ3n) is 2.41. The molecule has 0 unspecified atom stereocenters. The van der Waals surface area contributed by atoms with Gasteiger partial charge in [0.1, 0.15) is 5.75 Å². The second kappa shape index (κ2) is 6.71. The van der Waals surface area contributed by atoms with E-state index in [4.69, 9.17) is 4.74 Å². The number of aromatic nitrogens is 2. The van der Waals surface area contributed by atoms with E-state index in [0.717, 1.165) is 25.1 Å². The molecule has 2 aromatic heterocycles. The quantitative estimate of drug-likeness (QED) is 0.792. The maximum atomic E-state index is 5.56. The van der Waals surface area contributed by atoms with Gasteiger partial charge in [-0.2, -0.15) is 0 Å². The van der Waals surface area contributed by atoms with Gasteiger partial charge in [0.2, 0.25) is 5.88 Å². The number of hydrogen-bond acceptors (Lipinski definition) is 4. The van der Waals surface area contributed by atoms with Crippen molar-refractivity contribution in [1.29, 1.82) is 0 Å². The molecule has 2 aromatic rings. The van der Waals surface area contributed by atoms with Crippen LogP contribution in [0.1, 0.15) is 18.9 Å². The zero-order chi connectivity index (χ0) is 12.6. The van der Waals surface area contributed by atoms with Gasteiger partial charge < -0.3 is 10.1 Å². The van der Waals surface area contributed by atoms with Crippen molar-refractivity contribution in [3.63, 3.8) is 0 Å². The summed E-state index contributed by atoms with van der Waals surface area (Å²) in [5.74, 6) is 1.28. The molecule has 0 amide bonds. The Hall–Kier alpha value is -1.94. The van der Waals surface area contributed by atoms with E-state index in [1.54, 1.807) is 12.4 Å². The highest BCUT2D eigenvalue weighted by molar-refractivity contribution is 5.25. The lowest BCUT2D eigenvalue weighted by molar-refractivity contribution is 0.460. The molecule has 0 saturated carbocycles. The first kappa shape index (κ1) is 12.5. The Morgan fingerprint density at radius 2 is 2.17 bits per heavy atom. The average molecular weight is 243 g/mol. The predicted molar refractivity (Wildman–Crippen MR) is 70.5 cm³/mol. The zero-order valence-corrected chi connectivity index (χ0v) is 10.5. The third kappa shape index (κ3) is 3.82. The second-order valence-electron chi connectivity index (χ2n) is 3.97. The minimum Gasteiger partial charge on any atom is -0.437 e. The van der Waals surface area contributed by atoms with Crippen LogP contribution in [0.5, 0.6) is 11.6 Å². The van der Waals surface area contributed by atoms with Crippen molar-refractivity contribution >= 4 is 0 Å². The molecule has 4 nitrogen and oxygen atoms in total. The van der Waals surface area contributed by atoms with Crippen LogP contribution in [0.25, 0.3) is 0 Å². The van der Waals surface area contributed by atoms with Gasteiger partial charge in [-0.15, -0.1) is 0 Å². The van der Waals surface area contributed by atoms with E-state index >= 15 is 0 Å². The fourth-order valence-corrected chi connectivity index (χ4v) is 1.51. The van der Waals surface area contributed by atoms with E-state index in [1.807, 2.05) is 30.5 Å². The molecule has 0 spiro atoms. The molecular formula is C14H17N3O. The third-order valence-corrected chi connectivity index (χ3v) is 2.41. The first-order chi connectivity index (χ1) is 8.88. The Bertz CT molecular complexity index is 456. The molecule has 94 valence electrons. The smallest absolute Gasteiger partial charge is 0.219 e. The van der Waals surface area contributed by atoms with Crippen LogP contribution in [0.15, 0.2) is 42.9 Å². The van der Waals surface area contributed by atoms with Gasteiger partial charge in [-0.3, -0.25) is 4.98 Å². The molecule has 0 fully saturated rings. The van der Waals surface area contributed by atoms with E-state index in [1.165, 1.54) is 0 Å². The van der Waals surface area contributed by atoms with Crippen molar-refractivity contribution in [2.75, 3.05) is 6.54 Å². The van der Waals surface area contributed by atoms with Crippen molar-refractivity contribution < 1.29 is 4.74 Å². The average Bonchev–Trinajstić information content (AvgIpc) is 2.42. The minimum absolute atomic E-state index is 0.585. The van der Waals surface area contributed by atoms with Crippen LogP contribution in [-0.4, -0.2) is 16.5 Å².